The van der Waals surface area contributed by atoms with E-state index in [0.29, 0.717) is 0 Å². The topological polar surface area (TPSA) is 39.1 Å². The summed E-state index contributed by atoms with van der Waals surface area (Å²) >= 11 is 6.36. The molecule has 0 fully saturated rings. The van der Waals surface area contributed by atoms with Crippen LogP contribution >= 0.6 is 11.6 Å². The summed E-state index contributed by atoms with van der Waals surface area (Å²) in [4.78, 5) is 0. The van der Waals surface area contributed by atoms with Gasteiger partial charge in [0.2, 0.25) is 0 Å². The summed E-state index contributed by atoms with van der Waals surface area (Å²) in [7, 11) is 3.66. The van der Waals surface area contributed by atoms with Crippen molar-refractivity contribution >= 4 is 11.6 Å². The summed E-state index contributed by atoms with van der Waals surface area (Å²) in [5.74, 6) is 0. The summed E-state index contributed by atoms with van der Waals surface area (Å²) in [5.41, 5.74) is 1.90. The molecule has 20 heavy (non-hydrogen) atoms. The minimum atomic E-state index is -0.208. The normalized spacial score (nSPS) is 16.1. The van der Waals surface area contributed by atoms with E-state index < -0.39 is 0 Å². The lowest BCUT2D eigenvalue weighted by atomic mass is 9.88. The van der Waals surface area contributed by atoms with E-state index >= 15 is 0 Å². The third kappa shape index (κ3) is 3.74. The number of hydrogen-bond donors (Lipinski definition) is 1. The molecule has 0 aliphatic heterocycles. The van der Waals surface area contributed by atoms with Crippen LogP contribution in [0, 0.1) is 6.92 Å². The van der Waals surface area contributed by atoms with Crippen LogP contribution in [0.5, 0.6) is 0 Å². The Morgan fingerprint density at radius 1 is 1.45 bits per heavy atom. The lowest BCUT2D eigenvalue weighted by Gasteiger charge is -2.36. The lowest BCUT2D eigenvalue weighted by molar-refractivity contribution is -0.0287. The van der Waals surface area contributed by atoms with E-state index in [1.165, 1.54) is 0 Å². The van der Waals surface area contributed by atoms with Gasteiger partial charge in [0.15, 0.2) is 0 Å². The van der Waals surface area contributed by atoms with Gasteiger partial charge in [-0.2, -0.15) is 5.10 Å². The predicted molar refractivity (Wildman–Crippen MR) is 84.4 cm³/mol. The third-order valence-electron chi connectivity index (χ3n) is 4.22. The van der Waals surface area contributed by atoms with E-state index in [9.17, 15) is 0 Å². The Balaban J connectivity index is 3.00. The number of rotatable bonds is 8. The van der Waals surface area contributed by atoms with Crippen molar-refractivity contribution in [3.05, 3.63) is 16.4 Å². The van der Waals surface area contributed by atoms with E-state index in [1.807, 2.05) is 14.0 Å². The van der Waals surface area contributed by atoms with Crippen LogP contribution in [0.25, 0.3) is 0 Å². The number of aromatic nitrogens is 2. The highest BCUT2D eigenvalue weighted by Crippen LogP contribution is 2.27. The van der Waals surface area contributed by atoms with E-state index in [2.05, 4.69) is 31.2 Å². The van der Waals surface area contributed by atoms with Gasteiger partial charge < -0.3 is 10.1 Å². The van der Waals surface area contributed by atoms with E-state index in [1.54, 1.807) is 11.8 Å². The van der Waals surface area contributed by atoms with Crippen molar-refractivity contribution < 1.29 is 4.74 Å². The first-order valence-electron chi connectivity index (χ1n) is 7.36. The van der Waals surface area contributed by atoms with Crippen molar-refractivity contribution in [2.75, 3.05) is 13.7 Å². The molecular formula is C15H28ClN3O. The first-order valence-corrected chi connectivity index (χ1v) is 7.73. The minimum absolute atomic E-state index is 0.208. The zero-order valence-electron chi connectivity index (χ0n) is 13.6. The van der Waals surface area contributed by atoms with Crippen molar-refractivity contribution in [2.24, 2.45) is 7.05 Å². The van der Waals surface area contributed by atoms with Crippen molar-refractivity contribution in [2.45, 2.75) is 58.6 Å². The van der Waals surface area contributed by atoms with Crippen LogP contribution in [0.3, 0.4) is 0 Å². The molecule has 1 aromatic heterocycles. The first-order chi connectivity index (χ1) is 9.39. The molecule has 0 bridgehead atoms. The maximum Gasteiger partial charge on any atom is 0.130 e. The molecule has 0 spiro atoms. The van der Waals surface area contributed by atoms with E-state index in [4.69, 9.17) is 16.3 Å². The van der Waals surface area contributed by atoms with Crippen LogP contribution in [-0.2, 0) is 18.2 Å². The number of ether oxygens (including phenoxy) is 1. The average Bonchev–Trinajstić information content (AvgIpc) is 2.68. The van der Waals surface area contributed by atoms with E-state index in [0.717, 1.165) is 42.2 Å². The maximum atomic E-state index is 6.36. The molecule has 0 saturated carbocycles. The minimum Gasteiger partial charge on any atom is -0.377 e. The van der Waals surface area contributed by atoms with Crippen LogP contribution in [0.15, 0.2) is 0 Å². The third-order valence-corrected chi connectivity index (χ3v) is 4.70. The van der Waals surface area contributed by atoms with Gasteiger partial charge in [0.1, 0.15) is 5.15 Å². The molecule has 1 N–H and O–H groups in total. The molecule has 1 rings (SSSR count). The summed E-state index contributed by atoms with van der Waals surface area (Å²) in [6.07, 6.45) is 2.87. The molecule has 0 amide bonds. The number of aryl methyl sites for hydroxylation is 2. The quantitative estimate of drug-likeness (QED) is 0.802. The second-order valence-corrected chi connectivity index (χ2v) is 5.92. The Morgan fingerprint density at radius 3 is 2.50 bits per heavy atom. The lowest BCUT2D eigenvalue weighted by Crippen LogP contribution is -2.51. The molecule has 1 heterocycles. The Hall–Kier alpha value is -0.580. The zero-order valence-corrected chi connectivity index (χ0v) is 14.3. The number of methoxy groups -OCH3 is 1. The summed E-state index contributed by atoms with van der Waals surface area (Å²) in [6, 6.07) is 0.220. The Labute approximate surface area is 127 Å². The molecule has 2 atom stereocenters. The fraction of sp³-hybridized carbons (Fsp3) is 0.800. The van der Waals surface area contributed by atoms with Crippen molar-refractivity contribution in [1.29, 1.82) is 0 Å². The van der Waals surface area contributed by atoms with Gasteiger partial charge in [-0.1, -0.05) is 25.4 Å². The van der Waals surface area contributed by atoms with Gasteiger partial charge in [-0.3, -0.25) is 4.68 Å². The molecule has 0 aliphatic carbocycles. The highest BCUT2D eigenvalue weighted by Gasteiger charge is 2.33. The van der Waals surface area contributed by atoms with Crippen LogP contribution in [0.1, 0.15) is 44.9 Å². The van der Waals surface area contributed by atoms with Crippen molar-refractivity contribution in [1.82, 2.24) is 15.1 Å². The van der Waals surface area contributed by atoms with Gasteiger partial charge in [-0.05, 0) is 39.7 Å². The molecule has 0 saturated heterocycles. The summed E-state index contributed by atoms with van der Waals surface area (Å²) in [5, 5.41) is 8.72. The number of nitrogens with one attached hydrogen (secondary N) is 1. The fourth-order valence-corrected chi connectivity index (χ4v) is 2.72. The zero-order chi connectivity index (χ0) is 15.3. The number of halogens is 1. The first kappa shape index (κ1) is 17.5. The van der Waals surface area contributed by atoms with Gasteiger partial charge in [0.25, 0.3) is 0 Å². The van der Waals surface area contributed by atoms with Gasteiger partial charge in [0.05, 0.1) is 11.3 Å². The largest absolute Gasteiger partial charge is 0.377 e. The SMILES string of the molecule is CCCNC(Cc1c(C)nn(C)c1Cl)C(C)(CC)OC. The molecule has 116 valence electrons. The molecular weight excluding hydrogens is 274 g/mol. The van der Waals surface area contributed by atoms with E-state index in [-0.39, 0.29) is 11.6 Å². The molecule has 1 aromatic rings. The number of hydrogen-bond acceptors (Lipinski definition) is 3. The number of nitrogens with zero attached hydrogens (tertiary/aromatic N) is 2. The fourth-order valence-electron chi connectivity index (χ4n) is 2.47. The summed E-state index contributed by atoms with van der Waals surface area (Å²) in [6.45, 7) is 9.46. The molecule has 2 unspecified atom stereocenters. The Bertz CT molecular complexity index is 427. The molecule has 4 nitrogen and oxygen atoms in total. The monoisotopic (exact) mass is 301 g/mol. The van der Waals surface area contributed by atoms with Crippen LogP contribution < -0.4 is 5.32 Å². The standard InChI is InChI=1S/C15H28ClN3O/c1-7-9-17-13(15(4,8-2)20-6)10-12-11(3)18-19(5)14(12)16/h13,17H,7-10H2,1-6H3. The molecule has 0 radical (unpaired) electrons. The molecule has 0 aliphatic rings. The van der Waals surface area contributed by atoms with Crippen molar-refractivity contribution in [3.8, 4) is 0 Å². The Morgan fingerprint density at radius 2 is 2.10 bits per heavy atom. The highest BCUT2D eigenvalue weighted by atomic mass is 35.5. The highest BCUT2D eigenvalue weighted by molar-refractivity contribution is 6.30. The molecule has 0 aromatic carbocycles. The second kappa shape index (κ2) is 7.43. The van der Waals surface area contributed by atoms with Gasteiger partial charge in [-0.15, -0.1) is 0 Å². The predicted octanol–water partition coefficient (Wildman–Crippen LogP) is 3.11. The van der Waals surface area contributed by atoms with Gasteiger partial charge >= 0.3 is 0 Å². The smallest absolute Gasteiger partial charge is 0.130 e. The maximum absolute atomic E-state index is 6.36. The summed E-state index contributed by atoms with van der Waals surface area (Å²) < 4.78 is 7.51. The van der Waals surface area contributed by atoms with Crippen LogP contribution in [0.4, 0.5) is 0 Å². The Kier molecular flexibility index (Phi) is 6.49. The van der Waals surface area contributed by atoms with Gasteiger partial charge in [-0.25, -0.2) is 0 Å². The van der Waals surface area contributed by atoms with Crippen LogP contribution in [0.2, 0.25) is 5.15 Å². The average molecular weight is 302 g/mol. The second-order valence-electron chi connectivity index (χ2n) is 5.56. The van der Waals surface area contributed by atoms with Gasteiger partial charge in [0, 0.05) is 25.8 Å². The van der Waals surface area contributed by atoms with Crippen LogP contribution in [-0.4, -0.2) is 35.1 Å². The van der Waals surface area contributed by atoms with Crippen molar-refractivity contribution in [3.63, 3.8) is 0 Å². The molecule has 5 heteroatoms.